The van der Waals surface area contributed by atoms with Crippen LogP contribution >= 0.6 is 11.3 Å². The number of hydrogen-bond donors (Lipinski definition) is 1. The highest BCUT2D eigenvalue weighted by atomic mass is 32.1. The maximum Gasteiger partial charge on any atom is 0.100 e. The number of nitrogens with zero attached hydrogens (tertiary/aromatic N) is 2. The minimum Gasteiger partial charge on any atom is -0.302 e. The van der Waals surface area contributed by atoms with E-state index in [1.807, 2.05) is 12.1 Å². The van der Waals surface area contributed by atoms with E-state index in [0.29, 0.717) is 0 Å². The lowest BCUT2D eigenvalue weighted by Crippen LogP contribution is -2.32. The van der Waals surface area contributed by atoms with E-state index in [0.717, 1.165) is 29.3 Å². The summed E-state index contributed by atoms with van der Waals surface area (Å²) < 4.78 is 0. The van der Waals surface area contributed by atoms with Crippen LogP contribution < -0.4 is 15.3 Å². The minimum absolute atomic E-state index is 0.728. The average Bonchev–Trinajstić information content (AvgIpc) is 3.35. The van der Waals surface area contributed by atoms with Crippen LogP contribution in [0.2, 0.25) is 0 Å². The molecule has 4 aromatic carbocycles. The molecule has 0 bridgehead atoms. The monoisotopic (exact) mass is 447 g/mol. The second-order valence-corrected chi connectivity index (χ2v) is 8.73. The number of para-hydroxylation sites is 4. The molecule has 4 heteroatoms. The van der Waals surface area contributed by atoms with Gasteiger partial charge in [-0.1, -0.05) is 72.8 Å². The number of hydrogen-bond acceptors (Lipinski definition) is 4. The molecule has 5 rings (SSSR count). The molecule has 0 radical (unpaired) electrons. The van der Waals surface area contributed by atoms with E-state index in [2.05, 4.69) is 137 Å². The van der Waals surface area contributed by atoms with E-state index < -0.39 is 0 Å². The van der Waals surface area contributed by atoms with Crippen LogP contribution in [0.4, 0.5) is 27.8 Å². The fourth-order valence-corrected chi connectivity index (χ4v) is 4.76. The Bertz CT molecular complexity index is 1180. The van der Waals surface area contributed by atoms with Gasteiger partial charge in [-0.25, -0.2) is 5.43 Å². The maximum absolute atomic E-state index is 3.63. The third-order valence-electron chi connectivity index (χ3n) is 5.34. The lowest BCUT2D eigenvalue weighted by molar-refractivity contribution is 0.715. The number of anilines is 5. The Morgan fingerprint density at radius 2 is 0.909 bits per heavy atom. The molecule has 0 aliphatic carbocycles. The standard InChI is InChI=1S/C29H25N3S/c1-5-13-24(14-6-1)31(25-15-7-2-8-16-25)29-22-21-28(33-29)23-30-32(26-17-9-3-10-18-26)27-19-11-4-12-20-27/h1-22,30H,23H2. The van der Waals surface area contributed by atoms with Crippen molar-refractivity contribution in [2.45, 2.75) is 6.54 Å². The molecule has 0 aliphatic rings. The molecule has 0 amide bonds. The summed E-state index contributed by atoms with van der Waals surface area (Å²) in [5.41, 5.74) is 8.15. The van der Waals surface area contributed by atoms with Gasteiger partial charge in [-0.05, 0) is 60.7 Å². The molecule has 0 spiro atoms. The molecule has 0 atom stereocenters. The van der Waals surface area contributed by atoms with Crippen molar-refractivity contribution in [1.82, 2.24) is 5.43 Å². The summed E-state index contributed by atoms with van der Waals surface area (Å²) in [6, 6.07) is 46.3. The molecule has 33 heavy (non-hydrogen) atoms. The Balaban J connectivity index is 1.40. The lowest BCUT2D eigenvalue weighted by atomic mass is 10.2. The molecule has 1 N–H and O–H groups in total. The Morgan fingerprint density at radius 3 is 1.36 bits per heavy atom. The van der Waals surface area contributed by atoms with Crippen LogP contribution in [0.15, 0.2) is 133 Å². The molecule has 0 saturated carbocycles. The van der Waals surface area contributed by atoms with Gasteiger partial charge >= 0.3 is 0 Å². The normalized spacial score (nSPS) is 10.7. The van der Waals surface area contributed by atoms with Gasteiger partial charge in [0.25, 0.3) is 0 Å². The summed E-state index contributed by atoms with van der Waals surface area (Å²) in [6.07, 6.45) is 0. The summed E-state index contributed by atoms with van der Waals surface area (Å²) in [7, 11) is 0. The number of rotatable bonds is 8. The van der Waals surface area contributed by atoms with Crippen molar-refractivity contribution >= 4 is 39.1 Å². The van der Waals surface area contributed by atoms with Gasteiger partial charge in [-0.15, -0.1) is 11.3 Å². The zero-order chi connectivity index (χ0) is 22.3. The first kappa shape index (κ1) is 21.0. The van der Waals surface area contributed by atoms with Crippen LogP contribution in [0.5, 0.6) is 0 Å². The van der Waals surface area contributed by atoms with Crippen molar-refractivity contribution in [3.63, 3.8) is 0 Å². The zero-order valence-electron chi connectivity index (χ0n) is 18.2. The Labute approximate surface area is 199 Å². The van der Waals surface area contributed by atoms with Gasteiger partial charge in [-0.2, -0.15) is 0 Å². The van der Waals surface area contributed by atoms with Gasteiger partial charge in [0, 0.05) is 22.8 Å². The molecule has 162 valence electrons. The first-order chi connectivity index (χ1) is 16.4. The van der Waals surface area contributed by atoms with Gasteiger partial charge in [0.2, 0.25) is 0 Å². The summed E-state index contributed by atoms with van der Waals surface area (Å²) in [4.78, 5) is 3.57. The smallest absolute Gasteiger partial charge is 0.100 e. The summed E-state index contributed by atoms with van der Waals surface area (Å²) in [5, 5.41) is 3.33. The first-order valence-electron chi connectivity index (χ1n) is 11.0. The van der Waals surface area contributed by atoms with Crippen molar-refractivity contribution < 1.29 is 0 Å². The lowest BCUT2D eigenvalue weighted by Gasteiger charge is -2.25. The topological polar surface area (TPSA) is 18.5 Å². The predicted molar refractivity (Wildman–Crippen MR) is 141 cm³/mol. The third-order valence-corrected chi connectivity index (χ3v) is 6.41. The molecule has 0 aliphatic heterocycles. The highest BCUT2D eigenvalue weighted by Gasteiger charge is 2.15. The van der Waals surface area contributed by atoms with Crippen molar-refractivity contribution in [1.29, 1.82) is 0 Å². The second kappa shape index (κ2) is 10.2. The van der Waals surface area contributed by atoms with Crippen molar-refractivity contribution in [3.05, 3.63) is 138 Å². The van der Waals surface area contributed by atoms with Crippen molar-refractivity contribution in [2.24, 2.45) is 0 Å². The Morgan fingerprint density at radius 1 is 0.485 bits per heavy atom. The molecule has 0 unspecified atom stereocenters. The molecule has 0 fully saturated rings. The molecule has 1 aromatic heterocycles. The minimum atomic E-state index is 0.728. The van der Waals surface area contributed by atoms with Gasteiger partial charge < -0.3 is 4.90 Å². The van der Waals surface area contributed by atoms with Gasteiger partial charge in [0.15, 0.2) is 0 Å². The van der Waals surface area contributed by atoms with E-state index in [4.69, 9.17) is 0 Å². The molecule has 1 heterocycles. The van der Waals surface area contributed by atoms with Gasteiger partial charge in [0.05, 0.1) is 11.4 Å². The van der Waals surface area contributed by atoms with E-state index in [-0.39, 0.29) is 0 Å². The Hall–Kier alpha value is -3.86. The van der Waals surface area contributed by atoms with E-state index in [1.165, 1.54) is 9.88 Å². The number of benzene rings is 4. The number of hydrazine groups is 1. The molecule has 5 aromatic rings. The first-order valence-corrected chi connectivity index (χ1v) is 11.8. The Kier molecular flexibility index (Phi) is 6.48. The fourth-order valence-electron chi connectivity index (χ4n) is 3.78. The van der Waals surface area contributed by atoms with Crippen LogP contribution in [0.1, 0.15) is 4.88 Å². The van der Waals surface area contributed by atoms with E-state index in [9.17, 15) is 0 Å². The summed E-state index contributed by atoms with van der Waals surface area (Å²) in [6.45, 7) is 0.728. The number of thiophene rings is 1. The highest BCUT2D eigenvalue weighted by molar-refractivity contribution is 7.16. The molecular weight excluding hydrogens is 422 g/mol. The van der Waals surface area contributed by atoms with Gasteiger partial charge in [0.1, 0.15) is 5.00 Å². The van der Waals surface area contributed by atoms with Crippen LogP contribution in [0, 0.1) is 0 Å². The van der Waals surface area contributed by atoms with Crippen LogP contribution in [-0.2, 0) is 6.54 Å². The molecular formula is C29H25N3S. The van der Waals surface area contributed by atoms with Crippen LogP contribution in [0.3, 0.4) is 0 Å². The predicted octanol–water partition coefficient (Wildman–Crippen LogP) is 8.06. The average molecular weight is 448 g/mol. The maximum atomic E-state index is 3.63. The summed E-state index contributed by atoms with van der Waals surface area (Å²) >= 11 is 1.80. The fraction of sp³-hybridized carbons (Fsp3) is 0.0345. The summed E-state index contributed by atoms with van der Waals surface area (Å²) in [5.74, 6) is 0. The SMILES string of the molecule is c1ccc(N(NCc2ccc(N(c3ccccc3)c3ccccc3)s2)c2ccccc2)cc1. The van der Waals surface area contributed by atoms with Gasteiger partial charge in [-0.3, -0.25) is 5.01 Å². The second-order valence-electron chi connectivity index (χ2n) is 7.59. The molecule has 3 nitrogen and oxygen atoms in total. The van der Waals surface area contributed by atoms with E-state index >= 15 is 0 Å². The quantitative estimate of drug-likeness (QED) is 0.243. The van der Waals surface area contributed by atoms with Crippen LogP contribution in [-0.4, -0.2) is 0 Å². The zero-order valence-corrected chi connectivity index (χ0v) is 19.0. The third kappa shape index (κ3) is 4.98. The van der Waals surface area contributed by atoms with Crippen molar-refractivity contribution in [3.8, 4) is 0 Å². The number of nitrogens with one attached hydrogen (secondary N) is 1. The van der Waals surface area contributed by atoms with Crippen molar-refractivity contribution in [2.75, 3.05) is 9.91 Å². The highest BCUT2D eigenvalue weighted by Crippen LogP contribution is 2.38. The largest absolute Gasteiger partial charge is 0.302 e. The van der Waals surface area contributed by atoms with E-state index in [1.54, 1.807) is 11.3 Å². The molecule has 0 saturated heterocycles. The van der Waals surface area contributed by atoms with Crippen LogP contribution in [0.25, 0.3) is 0 Å².